The molecule has 0 heterocycles. The average Bonchev–Trinajstić information content (AvgIpc) is 2.99. The van der Waals surface area contributed by atoms with Crippen molar-refractivity contribution in [2.45, 2.75) is 64.6 Å². The quantitative estimate of drug-likeness (QED) is 0.518. The van der Waals surface area contributed by atoms with Crippen LogP contribution in [0.1, 0.15) is 52.9 Å². The molecular weight excluding hydrogens is 407 g/mol. The summed E-state index contributed by atoms with van der Waals surface area (Å²) in [4.78, 5) is 47.5. The third-order valence-electron chi connectivity index (χ3n) is 8.49. The number of fused-ring (bicyclic) bond motifs is 5. The van der Waals surface area contributed by atoms with Gasteiger partial charge in [0.1, 0.15) is 0 Å². The first kappa shape index (κ1) is 21.9. The minimum Gasteiger partial charge on any atom is -0.475 e. The van der Waals surface area contributed by atoms with E-state index in [1.807, 2.05) is 0 Å². The highest BCUT2D eigenvalue weighted by atomic mass is 19.1. The molecule has 7 atom stereocenters. The van der Waals surface area contributed by atoms with E-state index in [4.69, 9.17) is 4.74 Å². The largest absolute Gasteiger partial charge is 0.475 e. The maximum atomic E-state index is 17.1. The van der Waals surface area contributed by atoms with Gasteiger partial charge < -0.3 is 14.9 Å². The molecule has 0 aromatic heterocycles. The molecule has 0 radical (unpaired) electrons. The first-order valence-corrected chi connectivity index (χ1v) is 10.7. The van der Waals surface area contributed by atoms with Crippen LogP contribution in [0.15, 0.2) is 23.5 Å². The predicted molar refractivity (Wildman–Crippen MR) is 105 cm³/mol. The number of carbonyl (C=O) groups is 4. The summed E-state index contributed by atoms with van der Waals surface area (Å²) >= 11 is 0. The number of rotatable bonds is 3. The van der Waals surface area contributed by atoms with Crippen molar-refractivity contribution in [2.75, 3.05) is 0 Å². The third-order valence-corrected chi connectivity index (χ3v) is 8.49. The minimum atomic E-state index is -2.14. The van der Waals surface area contributed by atoms with Gasteiger partial charge in [-0.05, 0) is 62.5 Å². The number of hydrogen-bond acceptors (Lipinski definition) is 6. The van der Waals surface area contributed by atoms with Crippen molar-refractivity contribution >= 4 is 23.5 Å². The van der Waals surface area contributed by atoms with Crippen molar-refractivity contribution in [2.24, 2.45) is 28.6 Å². The summed E-state index contributed by atoms with van der Waals surface area (Å²) < 4.78 is 22.1. The van der Waals surface area contributed by atoms with Crippen LogP contribution in [-0.2, 0) is 23.9 Å². The number of ketones is 2. The summed E-state index contributed by atoms with van der Waals surface area (Å²) in [7, 11) is 0. The van der Waals surface area contributed by atoms with Gasteiger partial charge in [-0.25, -0.2) is 9.18 Å². The summed E-state index contributed by atoms with van der Waals surface area (Å²) in [6.07, 6.45) is 2.77. The Morgan fingerprint density at radius 3 is 2.45 bits per heavy atom. The molecule has 0 saturated heterocycles. The van der Waals surface area contributed by atoms with Gasteiger partial charge in [-0.15, -0.1) is 0 Å². The average molecular weight is 434 g/mol. The van der Waals surface area contributed by atoms with E-state index in [2.05, 4.69) is 0 Å². The second kappa shape index (κ2) is 6.82. The smallest absolute Gasteiger partial charge is 0.372 e. The molecule has 0 bridgehead atoms. The second-order valence-electron chi connectivity index (χ2n) is 9.88. The highest BCUT2D eigenvalue weighted by Crippen LogP contribution is 2.69. The Bertz CT molecular complexity index is 952. The molecule has 1 unspecified atom stereocenters. The number of Topliss-reactive ketones (excluding diaryl/α,β-unsaturated/α-hetero) is 1. The van der Waals surface area contributed by atoms with Crippen molar-refractivity contribution in [1.29, 1.82) is 0 Å². The van der Waals surface area contributed by atoms with Crippen LogP contribution < -0.4 is 0 Å². The highest BCUT2D eigenvalue weighted by molar-refractivity contribution is 6.33. The molecule has 4 rings (SSSR count). The van der Waals surface area contributed by atoms with Gasteiger partial charge in [-0.1, -0.05) is 12.5 Å². The molecule has 0 aliphatic heterocycles. The van der Waals surface area contributed by atoms with E-state index in [1.54, 1.807) is 13.8 Å². The SMILES string of the molecule is CC(=O)OC1=C[C@@]2(C)C(=CC1=O)CC[C@H]1[C@@H]3CC[C@H](C(=O)C(=O)O)[C@@]3(C)C[C@H](O)C12F. The van der Waals surface area contributed by atoms with Crippen LogP contribution in [0.4, 0.5) is 4.39 Å². The fourth-order valence-corrected chi connectivity index (χ4v) is 7.09. The number of halogens is 1. The fraction of sp³-hybridized carbons (Fsp3) is 0.652. The molecule has 4 aliphatic carbocycles. The Labute approximate surface area is 179 Å². The summed E-state index contributed by atoms with van der Waals surface area (Å²) in [6, 6.07) is 0. The highest BCUT2D eigenvalue weighted by Gasteiger charge is 2.71. The van der Waals surface area contributed by atoms with Gasteiger partial charge in [-0.3, -0.25) is 14.4 Å². The van der Waals surface area contributed by atoms with Crippen molar-refractivity contribution in [3.05, 3.63) is 23.5 Å². The molecule has 2 N–H and O–H groups in total. The molecule has 8 heteroatoms. The van der Waals surface area contributed by atoms with Gasteiger partial charge in [0, 0.05) is 24.2 Å². The summed E-state index contributed by atoms with van der Waals surface area (Å²) in [6.45, 7) is 4.56. The summed E-state index contributed by atoms with van der Waals surface area (Å²) in [5.41, 5.74) is -3.77. The number of aliphatic hydroxyl groups excluding tert-OH is 1. The Morgan fingerprint density at radius 2 is 1.84 bits per heavy atom. The van der Waals surface area contributed by atoms with Crippen LogP contribution in [0.3, 0.4) is 0 Å². The molecule has 0 amide bonds. The van der Waals surface area contributed by atoms with Crippen molar-refractivity contribution < 1.29 is 38.5 Å². The first-order chi connectivity index (χ1) is 14.4. The molecule has 0 spiro atoms. The zero-order valence-corrected chi connectivity index (χ0v) is 17.8. The van der Waals surface area contributed by atoms with Crippen LogP contribution >= 0.6 is 0 Å². The molecule has 3 saturated carbocycles. The molecule has 31 heavy (non-hydrogen) atoms. The van der Waals surface area contributed by atoms with E-state index in [0.717, 1.165) is 6.92 Å². The number of allylic oxidation sites excluding steroid dienone is 3. The number of carboxylic acid groups (broad SMARTS) is 1. The Balaban J connectivity index is 1.78. The minimum absolute atomic E-state index is 0.0537. The van der Waals surface area contributed by atoms with Gasteiger partial charge >= 0.3 is 11.9 Å². The lowest BCUT2D eigenvalue weighted by molar-refractivity contribution is -0.196. The van der Waals surface area contributed by atoms with E-state index < -0.39 is 57.9 Å². The third kappa shape index (κ3) is 2.80. The van der Waals surface area contributed by atoms with Gasteiger partial charge in [-0.2, -0.15) is 0 Å². The number of carboxylic acids is 1. The van der Waals surface area contributed by atoms with Gasteiger partial charge in [0.05, 0.1) is 6.10 Å². The zero-order chi connectivity index (χ0) is 22.9. The predicted octanol–water partition coefficient (Wildman–Crippen LogP) is 2.52. The number of aliphatic carboxylic acids is 1. The lowest BCUT2D eigenvalue weighted by atomic mass is 9.45. The Hall–Kier alpha value is -2.35. The first-order valence-electron chi connectivity index (χ1n) is 10.7. The van der Waals surface area contributed by atoms with Crippen molar-refractivity contribution in [3.63, 3.8) is 0 Å². The lowest BCUT2D eigenvalue weighted by Gasteiger charge is -2.61. The van der Waals surface area contributed by atoms with Gasteiger partial charge in [0.2, 0.25) is 11.6 Å². The van der Waals surface area contributed by atoms with E-state index in [-0.39, 0.29) is 18.1 Å². The van der Waals surface area contributed by atoms with Crippen LogP contribution in [0.25, 0.3) is 0 Å². The molecule has 0 aromatic carbocycles. The standard InChI is InChI=1S/C23H27FO7/c1-11(25)31-17-9-22(3)12(8-16(17)26)4-5-14-13-6-7-15(19(28)20(29)30)21(13,2)10-18(27)23(14,22)24/h8-9,13-15,18,27H,4-7,10H2,1-3H3,(H,29,30)/t13-,14-,15+,18-,21-,22-,23?/m0/s1. The zero-order valence-electron chi connectivity index (χ0n) is 17.8. The van der Waals surface area contributed by atoms with Crippen LogP contribution in [0.5, 0.6) is 0 Å². The molecule has 3 fully saturated rings. The Morgan fingerprint density at radius 1 is 1.16 bits per heavy atom. The van der Waals surface area contributed by atoms with Crippen molar-refractivity contribution in [1.82, 2.24) is 0 Å². The monoisotopic (exact) mass is 434 g/mol. The number of carbonyl (C=O) groups excluding carboxylic acids is 3. The van der Waals surface area contributed by atoms with E-state index in [0.29, 0.717) is 31.3 Å². The Kier molecular flexibility index (Phi) is 4.81. The van der Waals surface area contributed by atoms with Crippen LogP contribution in [-0.4, -0.2) is 45.5 Å². The number of ether oxygens (including phenoxy) is 1. The van der Waals surface area contributed by atoms with Crippen molar-refractivity contribution in [3.8, 4) is 0 Å². The van der Waals surface area contributed by atoms with Crippen LogP contribution in [0.2, 0.25) is 0 Å². The normalized spacial score (nSPS) is 43.7. The molecule has 7 nitrogen and oxygen atoms in total. The number of esters is 1. The molecule has 4 aliphatic rings. The maximum Gasteiger partial charge on any atom is 0.372 e. The van der Waals surface area contributed by atoms with Crippen LogP contribution in [0, 0.1) is 28.6 Å². The van der Waals surface area contributed by atoms with Gasteiger partial charge in [0.25, 0.3) is 0 Å². The summed E-state index contributed by atoms with van der Waals surface area (Å²) in [5.74, 6) is -5.50. The second-order valence-corrected chi connectivity index (χ2v) is 9.88. The van der Waals surface area contributed by atoms with E-state index >= 15 is 4.39 Å². The number of hydrogen-bond donors (Lipinski definition) is 2. The van der Waals surface area contributed by atoms with Gasteiger partial charge in [0.15, 0.2) is 11.4 Å². The molecule has 0 aromatic rings. The lowest BCUT2D eigenvalue weighted by Crippen LogP contribution is -2.67. The molecular formula is C23H27FO7. The number of aliphatic hydroxyl groups is 1. The topological polar surface area (TPSA) is 118 Å². The van der Waals surface area contributed by atoms with E-state index in [9.17, 15) is 29.4 Å². The maximum absolute atomic E-state index is 17.1. The summed E-state index contributed by atoms with van der Waals surface area (Å²) in [5, 5.41) is 20.4. The number of alkyl halides is 1. The van der Waals surface area contributed by atoms with E-state index in [1.165, 1.54) is 12.2 Å². The molecule has 168 valence electrons. The fourth-order valence-electron chi connectivity index (χ4n) is 7.09.